The lowest BCUT2D eigenvalue weighted by atomic mass is 10.1. The van der Waals surface area contributed by atoms with E-state index in [0.717, 1.165) is 48.2 Å². The molecule has 2 aromatic heterocycles. The molecule has 3 heterocycles. The topological polar surface area (TPSA) is 75.9 Å². The molecule has 0 aliphatic carbocycles. The standard InChI is InChI=1S/C19H22N6O.2ClH/c1-13-18(19(26)24-9-7-14(12-24)10-20-2)22-23-25(13)17-5-3-4-15-11-21-8-6-16(15)17;;/h3-6,8,11,14,20H,7,9-10,12H2,1-2H3;2*1H. The van der Waals surface area contributed by atoms with Crippen LogP contribution >= 0.6 is 24.8 Å². The number of pyridine rings is 1. The summed E-state index contributed by atoms with van der Waals surface area (Å²) in [5.41, 5.74) is 2.10. The van der Waals surface area contributed by atoms with Gasteiger partial charge in [-0.1, -0.05) is 17.3 Å². The molecule has 0 bridgehead atoms. The third kappa shape index (κ3) is 3.97. The van der Waals surface area contributed by atoms with Gasteiger partial charge in [-0.25, -0.2) is 4.68 Å². The number of fused-ring (bicyclic) bond motifs is 1. The molecule has 1 fully saturated rings. The summed E-state index contributed by atoms with van der Waals surface area (Å²) in [5, 5.41) is 13.7. The molecule has 4 rings (SSSR count). The van der Waals surface area contributed by atoms with Crippen LogP contribution < -0.4 is 5.32 Å². The van der Waals surface area contributed by atoms with Gasteiger partial charge in [0.15, 0.2) is 5.69 Å². The fourth-order valence-electron chi connectivity index (χ4n) is 3.67. The van der Waals surface area contributed by atoms with Crippen molar-refractivity contribution in [3.63, 3.8) is 0 Å². The van der Waals surface area contributed by atoms with Gasteiger partial charge in [-0.05, 0) is 45.0 Å². The summed E-state index contributed by atoms with van der Waals surface area (Å²) in [7, 11) is 1.94. The zero-order chi connectivity index (χ0) is 18.1. The molecule has 0 radical (unpaired) electrons. The Morgan fingerprint density at radius 1 is 1.29 bits per heavy atom. The molecule has 1 unspecified atom stereocenters. The summed E-state index contributed by atoms with van der Waals surface area (Å²) in [6, 6.07) is 7.91. The van der Waals surface area contributed by atoms with E-state index in [4.69, 9.17) is 0 Å². The molecule has 9 heteroatoms. The van der Waals surface area contributed by atoms with Gasteiger partial charge in [-0.2, -0.15) is 0 Å². The highest BCUT2D eigenvalue weighted by Gasteiger charge is 2.29. The Morgan fingerprint density at radius 3 is 2.89 bits per heavy atom. The van der Waals surface area contributed by atoms with E-state index in [9.17, 15) is 4.79 Å². The molecule has 1 aromatic carbocycles. The molecule has 1 N–H and O–H groups in total. The van der Waals surface area contributed by atoms with Crippen LogP contribution in [0, 0.1) is 12.8 Å². The molecule has 3 aromatic rings. The fraction of sp³-hybridized carbons (Fsp3) is 0.368. The number of nitrogens with one attached hydrogen (secondary N) is 1. The first-order valence-corrected chi connectivity index (χ1v) is 8.88. The molecular weight excluding hydrogens is 399 g/mol. The third-order valence-electron chi connectivity index (χ3n) is 5.05. The summed E-state index contributed by atoms with van der Waals surface area (Å²) in [4.78, 5) is 19.0. The van der Waals surface area contributed by atoms with Crippen LogP contribution in [0.3, 0.4) is 0 Å². The van der Waals surface area contributed by atoms with Crippen LogP contribution in [0.4, 0.5) is 0 Å². The largest absolute Gasteiger partial charge is 0.337 e. The third-order valence-corrected chi connectivity index (χ3v) is 5.05. The lowest BCUT2D eigenvalue weighted by molar-refractivity contribution is 0.0780. The summed E-state index contributed by atoms with van der Waals surface area (Å²) in [5.74, 6) is 0.471. The van der Waals surface area contributed by atoms with Crippen molar-refractivity contribution in [3.05, 3.63) is 48.0 Å². The first-order chi connectivity index (χ1) is 12.7. The molecule has 1 aliphatic heterocycles. The molecule has 1 amide bonds. The Bertz CT molecular complexity index is 955. The normalized spacial score (nSPS) is 15.9. The van der Waals surface area contributed by atoms with E-state index in [2.05, 4.69) is 20.6 Å². The number of nitrogens with zero attached hydrogens (tertiary/aromatic N) is 5. The van der Waals surface area contributed by atoms with Crippen LogP contribution in [0.15, 0.2) is 36.7 Å². The van der Waals surface area contributed by atoms with Crippen LogP contribution in [-0.4, -0.2) is 57.5 Å². The quantitative estimate of drug-likeness (QED) is 0.699. The van der Waals surface area contributed by atoms with Crippen molar-refractivity contribution in [3.8, 4) is 5.69 Å². The van der Waals surface area contributed by atoms with Gasteiger partial charge in [0.05, 0.1) is 11.4 Å². The van der Waals surface area contributed by atoms with Gasteiger partial charge in [0, 0.05) is 36.3 Å². The number of rotatable bonds is 4. The van der Waals surface area contributed by atoms with Crippen molar-refractivity contribution in [2.45, 2.75) is 13.3 Å². The first kappa shape index (κ1) is 22.1. The van der Waals surface area contributed by atoms with E-state index in [0.29, 0.717) is 11.6 Å². The van der Waals surface area contributed by atoms with Crippen LogP contribution in [0.5, 0.6) is 0 Å². The number of likely N-dealkylation sites (tertiary alicyclic amines) is 1. The molecule has 0 spiro atoms. The van der Waals surface area contributed by atoms with Gasteiger partial charge in [-0.15, -0.1) is 29.9 Å². The van der Waals surface area contributed by atoms with Crippen LogP contribution in [0.2, 0.25) is 0 Å². The summed E-state index contributed by atoms with van der Waals surface area (Å²) < 4.78 is 1.75. The van der Waals surface area contributed by atoms with E-state index >= 15 is 0 Å². The average Bonchev–Trinajstić information content (AvgIpc) is 3.28. The number of carbonyl (C=O) groups excluding carboxylic acids is 1. The Morgan fingerprint density at radius 2 is 2.11 bits per heavy atom. The minimum absolute atomic E-state index is 0. The monoisotopic (exact) mass is 422 g/mol. The summed E-state index contributed by atoms with van der Waals surface area (Å²) >= 11 is 0. The lowest BCUT2D eigenvalue weighted by Crippen LogP contribution is -2.31. The van der Waals surface area contributed by atoms with Crippen molar-refractivity contribution >= 4 is 41.5 Å². The minimum Gasteiger partial charge on any atom is -0.337 e. The van der Waals surface area contributed by atoms with E-state index in [1.165, 1.54) is 0 Å². The summed E-state index contributed by atoms with van der Waals surface area (Å²) in [6.07, 6.45) is 4.61. The number of amides is 1. The van der Waals surface area contributed by atoms with Crippen molar-refractivity contribution < 1.29 is 4.79 Å². The van der Waals surface area contributed by atoms with E-state index in [1.54, 1.807) is 10.9 Å². The number of hydrogen-bond donors (Lipinski definition) is 1. The second-order valence-corrected chi connectivity index (χ2v) is 6.77. The smallest absolute Gasteiger partial charge is 0.276 e. The van der Waals surface area contributed by atoms with Gasteiger partial charge in [0.1, 0.15) is 0 Å². The number of hydrogen-bond acceptors (Lipinski definition) is 5. The van der Waals surface area contributed by atoms with Gasteiger partial charge in [0.2, 0.25) is 0 Å². The zero-order valence-electron chi connectivity index (χ0n) is 15.8. The van der Waals surface area contributed by atoms with E-state index in [1.807, 2.05) is 49.3 Å². The Kier molecular flexibility index (Phi) is 7.35. The highest BCUT2D eigenvalue weighted by atomic mass is 35.5. The van der Waals surface area contributed by atoms with Crippen molar-refractivity contribution in [1.82, 2.24) is 30.2 Å². The zero-order valence-corrected chi connectivity index (χ0v) is 17.5. The first-order valence-electron chi connectivity index (χ1n) is 8.88. The maximum absolute atomic E-state index is 12.9. The molecule has 1 atom stereocenters. The molecule has 1 saturated heterocycles. The van der Waals surface area contributed by atoms with Crippen LogP contribution in [0.1, 0.15) is 22.6 Å². The van der Waals surface area contributed by atoms with Crippen molar-refractivity contribution in [2.75, 3.05) is 26.7 Å². The van der Waals surface area contributed by atoms with Gasteiger partial charge >= 0.3 is 0 Å². The Hall–Kier alpha value is -2.22. The minimum atomic E-state index is -0.0331. The Labute approximate surface area is 176 Å². The highest BCUT2D eigenvalue weighted by molar-refractivity contribution is 5.94. The molecule has 1 aliphatic rings. The number of halogens is 2. The highest BCUT2D eigenvalue weighted by Crippen LogP contribution is 2.24. The van der Waals surface area contributed by atoms with Crippen LogP contribution in [0.25, 0.3) is 16.5 Å². The maximum Gasteiger partial charge on any atom is 0.276 e. The van der Waals surface area contributed by atoms with Crippen LogP contribution in [-0.2, 0) is 0 Å². The second kappa shape index (κ2) is 9.32. The van der Waals surface area contributed by atoms with Gasteiger partial charge in [0.25, 0.3) is 5.91 Å². The molecule has 7 nitrogen and oxygen atoms in total. The van der Waals surface area contributed by atoms with E-state index < -0.39 is 0 Å². The summed E-state index contributed by atoms with van der Waals surface area (Å²) in [6.45, 7) is 4.37. The molecular formula is C19H24Cl2N6O. The fourth-order valence-corrected chi connectivity index (χ4v) is 3.67. The molecule has 150 valence electrons. The predicted molar refractivity (Wildman–Crippen MR) is 114 cm³/mol. The Balaban J connectivity index is 0.00000140. The van der Waals surface area contributed by atoms with Crippen molar-refractivity contribution in [1.29, 1.82) is 0 Å². The molecule has 0 saturated carbocycles. The lowest BCUT2D eigenvalue weighted by Gasteiger charge is -2.15. The SMILES string of the molecule is CNCC1CCN(C(=O)c2nnn(-c3cccc4cnccc34)c2C)C1.Cl.Cl. The second-order valence-electron chi connectivity index (χ2n) is 6.77. The maximum atomic E-state index is 12.9. The van der Waals surface area contributed by atoms with Gasteiger partial charge < -0.3 is 10.2 Å². The molecule has 28 heavy (non-hydrogen) atoms. The number of benzene rings is 1. The van der Waals surface area contributed by atoms with Crippen molar-refractivity contribution in [2.24, 2.45) is 5.92 Å². The number of aromatic nitrogens is 4. The predicted octanol–water partition coefficient (Wildman–Crippen LogP) is 2.65. The van der Waals surface area contributed by atoms with Gasteiger partial charge in [-0.3, -0.25) is 9.78 Å². The average molecular weight is 423 g/mol. The van der Waals surface area contributed by atoms with E-state index in [-0.39, 0.29) is 30.7 Å². The number of carbonyl (C=O) groups is 1.